The third-order valence-corrected chi connectivity index (χ3v) is 6.81. The minimum Gasteiger partial charge on any atom is -0.383 e. The second-order valence-electron chi connectivity index (χ2n) is 8.71. The van der Waals surface area contributed by atoms with Gasteiger partial charge in [-0.15, -0.1) is 0 Å². The van der Waals surface area contributed by atoms with E-state index in [1.54, 1.807) is 25.1 Å². The van der Waals surface area contributed by atoms with E-state index in [1.807, 2.05) is 37.6 Å². The van der Waals surface area contributed by atoms with Gasteiger partial charge in [-0.3, -0.25) is 0 Å². The van der Waals surface area contributed by atoms with Crippen LogP contribution in [0.2, 0.25) is 10.0 Å². The van der Waals surface area contributed by atoms with Gasteiger partial charge in [0, 0.05) is 11.6 Å². The predicted octanol–water partition coefficient (Wildman–Crippen LogP) is 4.37. The lowest BCUT2D eigenvalue weighted by atomic mass is 9.87. The van der Waals surface area contributed by atoms with Gasteiger partial charge in [0.05, 0.1) is 15.7 Å². The minimum atomic E-state index is -1.41. The van der Waals surface area contributed by atoms with Crippen LogP contribution >= 0.6 is 23.2 Å². The maximum atomic E-state index is 11.6. The van der Waals surface area contributed by atoms with Crippen LogP contribution in [0.3, 0.4) is 0 Å². The van der Waals surface area contributed by atoms with E-state index in [2.05, 4.69) is 9.97 Å². The molecule has 2 aromatic heterocycles. The molecule has 7 nitrogen and oxygen atoms in total. The number of benzene rings is 1. The van der Waals surface area contributed by atoms with E-state index in [9.17, 15) is 5.11 Å². The molecule has 4 heterocycles. The standard InChI is InChI=1S/C22H23Cl2N3O4/c1-11-13-7-8-27(19(13)26-10-25-11)20-17-16(30-21(2,3)31-17)18(29-20)22(4,28)12-5-6-14(23)15(24)9-12/h5-10,16-18,20,28H,1-4H3/t16-,17+,18-,20+,22?/m0/s1. The van der Waals surface area contributed by atoms with Crippen molar-refractivity contribution < 1.29 is 19.3 Å². The van der Waals surface area contributed by atoms with E-state index < -0.39 is 35.9 Å². The summed E-state index contributed by atoms with van der Waals surface area (Å²) in [5.74, 6) is -0.822. The summed E-state index contributed by atoms with van der Waals surface area (Å²) in [7, 11) is 0. The number of aryl methyl sites for hydroxylation is 1. The molecule has 0 saturated carbocycles. The van der Waals surface area contributed by atoms with Crippen molar-refractivity contribution in [2.45, 2.75) is 63.6 Å². The van der Waals surface area contributed by atoms with Crippen molar-refractivity contribution in [1.82, 2.24) is 14.5 Å². The van der Waals surface area contributed by atoms with Crippen LogP contribution in [-0.4, -0.2) is 43.7 Å². The van der Waals surface area contributed by atoms with Crippen molar-refractivity contribution in [3.05, 3.63) is 58.1 Å². The number of aromatic nitrogens is 3. The van der Waals surface area contributed by atoms with Crippen LogP contribution in [0.4, 0.5) is 0 Å². The van der Waals surface area contributed by atoms with E-state index in [0.717, 1.165) is 16.7 Å². The third-order valence-electron chi connectivity index (χ3n) is 6.07. The Hall–Kier alpha value is -1.74. The number of hydrogen-bond acceptors (Lipinski definition) is 6. The average molecular weight is 464 g/mol. The Kier molecular flexibility index (Phi) is 4.86. The van der Waals surface area contributed by atoms with Crippen LogP contribution in [0.1, 0.15) is 38.3 Å². The molecule has 1 N–H and O–H groups in total. The van der Waals surface area contributed by atoms with Crippen molar-refractivity contribution in [2.75, 3.05) is 0 Å². The summed E-state index contributed by atoms with van der Waals surface area (Å²) in [5, 5.41) is 13.3. The second-order valence-corrected chi connectivity index (χ2v) is 9.52. The Balaban J connectivity index is 1.58. The summed E-state index contributed by atoms with van der Waals surface area (Å²) in [5.41, 5.74) is 0.778. The molecule has 164 valence electrons. The minimum absolute atomic E-state index is 0.359. The summed E-state index contributed by atoms with van der Waals surface area (Å²) >= 11 is 12.3. The van der Waals surface area contributed by atoms with Gasteiger partial charge in [0.25, 0.3) is 0 Å². The quantitative estimate of drug-likeness (QED) is 0.620. The maximum Gasteiger partial charge on any atom is 0.164 e. The first-order valence-electron chi connectivity index (χ1n) is 10.1. The number of rotatable bonds is 3. The van der Waals surface area contributed by atoms with Crippen LogP contribution < -0.4 is 0 Å². The van der Waals surface area contributed by atoms with Gasteiger partial charge in [-0.25, -0.2) is 9.97 Å². The SMILES string of the molecule is Cc1ncnc2c1ccn2[C@@H]1O[C@H](C(C)(O)c2ccc(Cl)c(Cl)c2)[C@H]2OC(C)(C)O[C@H]21. The van der Waals surface area contributed by atoms with Crippen LogP contribution in [0, 0.1) is 6.92 Å². The molecule has 31 heavy (non-hydrogen) atoms. The summed E-state index contributed by atoms with van der Waals surface area (Å²) < 4.78 is 20.8. The largest absolute Gasteiger partial charge is 0.383 e. The van der Waals surface area contributed by atoms with Gasteiger partial charge in [-0.1, -0.05) is 29.3 Å². The molecule has 1 aromatic carbocycles. The van der Waals surface area contributed by atoms with E-state index in [-0.39, 0.29) is 0 Å². The van der Waals surface area contributed by atoms with Gasteiger partial charge < -0.3 is 23.9 Å². The number of fused-ring (bicyclic) bond motifs is 2. The smallest absolute Gasteiger partial charge is 0.164 e. The van der Waals surface area contributed by atoms with Crippen LogP contribution in [0.25, 0.3) is 11.0 Å². The molecule has 2 saturated heterocycles. The first kappa shape index (κ1) is 21.1. The number of aliphatic hydroxyl groups is 1. The molecule has 5 rings (SSSR count). The number of hydrogen-bond donors (Lipinski definition) is 1. The van der Waals surface area contributed by atoms with Gasteiger partial charge in [-0.05, 0) is 51.5 Å². The molecular weight excluding hydrogens is 441 g/mol. The average Bonchev–Trinajstić information content (AvgIpc) is 3.35. The predicted molar refractivity (Wildman–Crippen MR) is 116 cm³/mol. The van der Waals surface area contributed by atoms with Gasteiger partial charge in [0.15, 0.2) is 12.0 Å². The molecule has 0 spiro atoms. The molecule has 0 bridgehead atoms. The van der Waals surface area contributed by atoms with E-state index in [0.29, 0.717) is 15.6 Å². The number of ether oxygens (including phenoxy) is 3. The zero-order valence-electron chi connectivity index (χ0n) is 17.5. The van der Waals surface area contributed by atoms with Crippen molar-refractivity contribution in [3.63, 3.8) is 0 Å². The summed E-state index contributed by atoms with van der Waals surface area (Å²) in [6, 6.07) is 7.00. The van der Waals surface area contributed by atoms with Crippen molar-refractivity contribution >= 4 is 34.2 Å². The van der Waals surface area contributed by atoms with E-state index >= 15 is 0 Å². The fourth-order valence-corrected chi connectivity index (χ4v) is 4.83. The lowest BCUT2D eigenvalue weighted by Gasteiger charge is -2.34. The zero-order valence-corrected chi connectivity index (χ0v) is 19.1. The Bertz CT molecular complexity index is 1160. The first-order valence-corrected chi connectivity index (χ1v) is 10.8. The van der Waals surface area contributed by atoms with Crippen molar-refractivity contribution in [2.24, 2.45) is 0 Å². The summed E-state index contributed by atoms with van der Waals surface area (Å²) in [6.07, 6.45) is 1.21. The highest BCUT2D eigenvalue weighted by atomic mass is 35.5. The molecular formula is C22H23Cl2N3O4. The molecule has 2 aliphatic heterocycles. The zero-order chi connectivity index (χ0) is 22.1. The molecule has 1 unspecified atom stereocenters. The van der Waals surface area contributed by atoms with Crippen LogP contribution in [0.5, 0.6) is 0 Å². The molecule has 2 fully saturated rings. The van der Waals surface area contributed by atoms with Crippen molar-refractivity contribution in [3.8, 4) is 0 Å². The molecule has 0 aliphatic carbocycles. The lowest BCUT2D eigenvalue weighted by molar-refractivity contribution is -0.221. The van der Waals surface area contributed by atoms with Crippen LogP contribution in [-0.2, 0) is 19.8 Å². The van der Waals surface area contributed by atoms with Gasteiger partial charge in [-0.2, -0.15) is 0 Å². The monoisotopic (exact) mass is 463 g/mol. The van der Waals surface area contributed by atoms with Gasteiger partial charge in [0.2, 0.25) is 0 Å². The summed E-state index contributed by atoms with van der Waals surface area (Å²) in [6.45, 7) is 7.33. The molecule has 0 amide bonds. The highest BCUT2D eigenvalue weighted by Gasteiger charge is 2.60. The van der Waals surface area contributed by atoms with E-state index in [4.69, 9.17) is 37.4 Å². The molecule has 5 atom stereocenters. The third kappa shape index (κ3) is 3.35. The Morgan fingerprint density at radius 2 is 1.84 bits per heavy atom. The van der Waals surface area contributed by atoms with Gasteiger partial charge in [0.1, 0.15) is 35.9 Å². The molecule has 2 aliphatic rings. The van der Waals surface area contributed by atoms with Gasteiger partial charge >= 0.3 is 0 Å². The number of nitrogens with zero attached hydrogens (tertiary/aromatic N) is 3. The number of halogens is 2. The highest BCUT2D eigenvalue weighted by Crippen LogP contribution is 2.49. The molecule has 0 radical (unpaired) electrons. The Morgan fingerprint density at radius 1 is 1.10 bits per heavy atom. The van der Waals surface area contributed by atoms with Crippen LogP contribution in [0.15, 0.2) is 36.8 Å². The topological polar surface area (TPSA) is 78.6 Å². The normalized spacial score (nSPS) is 29.3. The second kappa shape index (κ2) is 7.13. The van der Waals surface area contributed by atoms with Crippen molar-refractivity contribution in [1.29, 1.82) is 0 Å². The summed E-state index contributed by atoms with van der Waals surface area (Å²) in [4.78, 5) is 8.71. The Morgan fingerprint density at radius 3 is 2.58 bits per heavy atom. The molecule has 9 heteroatoms. The first-order chi connectivity index (χ1) is 14.6. The lowest BCUT2D eigenvalue weighted by Crippen LogP contribution is -2.45. The highest BCUT2D eigenvalue weighted by molar-refractivity contribution is 6.42. The molecule has 3 aromatic rings. The Labute approximate surface area is 189 Å². The fourth-order valence-electron chi connectivity index (χ4n) is 4.53. The van der Waals surface area contributed by atoms with E-state index in [1.165, 1.54) is 6.33 Å². The fraction of sp³-hybridized carbons (Fsp3) is 0.455. The maximum absolute atomic E-state index is 11.6.